The highest BCUT2D eigenvalue weighted by atomic mass is 35.5. The van der Waals surface area contributed by atoms with Gasteiger partial charge in [0.15, 0.2) is 6.23 Å². The molecule has 0 fully saturated rings. The molecule has 2 unspecified atom stereocenters. The van der Waals surface area contributed by atoms with E-state index in [4.69, 9.17) is 16.3 Å². The van der Waals surface area contributed by atoms with Gasteiger partial charge in [-0.05, 0) is 34.5 Å². The minimum atomic E-state index is -0.235. The average Bonchev–Trinajstić information content (AvgIpc) is 2.74. The van der Waals surface area contributed by atoms with Gasteiger partial charge < -0.3 is 4.74 Å². The van der Waals surface area contributed by atoms with Crippen LogP contribution >= 0.6 is 11.6 Å². The first-order valence-corrected chi connectivity index (χ1v) is 9.42. The lowest BCUT2D eigenvalue weighted by molar-refractivity contribution is 0.134. The molecule has 0 amide bonds. The van der Waals surface area contributed by atoms with Gasteiger partial charge in [0.1, 0.15) is 5.75 Å². The second-order valence-electron chi connectivity index (χ2n) is 6.76. The molecule has 27 heavy (non-hydrogen) atoms. The highest BCUT2D eigenvalue weighted by Crippen LogP contribution is 2.42. The van der Waals surface area contributed by atoms with Crippen LogP contribution < -0.4 is 10.1 Å². The van der Waals surface area contributed by atoms with E-state index in [1.54, 1.807) is 0 Å². The molecule has 1 aliphatic heterocycles. The highest BCUT2D eigenvalue weighted by Gasteiger charge is 2.31. The molecule has 1 heterocycles. The monoisotopic (exact) mass is 371 g/mol. The van der Waals surface area contributed by atoms with Gasteiger partial charge in [-0.1, -0.05) is 84.4 Å². The predicted molar refractivity (Wildman–Crippen MR) is 110 cm³/mol. The molecule has 3 heteroatoms. The molecular formula is C24H18ClNO. The van der Waals surface area contributed by atoms with E-state index in [2.05, 4.69) is 66.0 Å². The summed E-state index contributed by atoms with van der Waals surface area (Å²) in [6, 6.07) is 31.0. The van der Waals surface area contributed by atoms with E-state index >= 15 is 0 Å². The number of hydrogen-bond donors (Lipinski definition) is 1. The van der Waals surface area contributed by atoms with Gasteiger partial charge in [-0.25, -0.2) is 0 Å². The van der Waals surface area contributed by atoms with Crippen molar-refractivity contribution < 1.29 is 4.74 Å². The molecule has 4 aromatic rings. The van der Waals surface area contributed by atoms with Gasteiger partial charge in [0.25, 0.3) is 0 Å². The van der Waals surface area contributed by atoms with Gasteiger partial charge in [0, 0.05) is 16.1 Å². The number of rotatable bonds is 2. The highest BCUT2D eigenvalue weighted by molar-refractivity contribution is 6.30. The van der Waals surface area contributed by atoms with E-state index in [-0.39, 0.29) is 12.3 Å². The first kappa shape index (κ1) is 16.4. The minimum absolute atomic E-state index is 0.0433. The fraction of sp³-hybridized carbons (Fsp3) is 0.0833. The Morgan fingerprint density at radius 2 is 1.44 bits per heavy atom. The summed E-state index contributed by atoms with van der Waals surface area (Å²) in [5.74, 6) is 0.918. The van der Waals surface area contributed by atoms with Crippen molar-refractivity contribution in [1.29, 1.82) is 0 Å². The van der Waals surface area contributed by atoms with Gasteiger partial charge in [-0.15, -0.1) is 0 Å². The van der Waals surface area contributed by atoms with Crippen LogP contribution in [0.15, 0.2) is 91.0 Å². The first-order chi connectivity index (χ1) is 13.3. The van der Waals surface area contributed by atoms with Crippen molar-refractivity contribution >= 4 is 22.4 Å². The van der Waals surface area contributed by atoms with Crippen LogP contribution in [0.1, 0.15) is 29.0 Å². The van der Waals surface area contributed by atoms with Crippen LogP contribution in [0, 0.1) is 0 Å². The lowest BCUT2D eigenvalue weighted by Gasteiger charge is -2.35. The van der Waals surface area contributed by atoms with Crippen LogP contribution in [-0.2, 0) is 0 Å². The molecule has 5 rings (SSSR count). The van der Waals surface area contributed by atoms with Crippen LogP contribution in [0.4, 0.5) is 0 Å². The summed E-state index contributed by atoms with van der Waals surface area (Å²) in [6.07, 6.45) is -0.235. The van der Waals surface area contributed by atoms with Crippen molar-refractivity contribution in [3.8, 4) is 5.75 Å². The molecule has 0 spiro atoms. The van der Waals surface area contributed by atoms with E-state index in [1.165, 1.54) is 21.9 Å². The third-order valence-corrected chi connectivity index (χ3v) is 5.34. The fourth-order valence-corrected chi connectivity index (χ4v) is 3.91. The second kappa shape index (κ2) is 6.73. The molecule has 0 aliphatic carbocycles. The number of nitrogens with one attached hydrogen (secondary N) is 1. The second-order valence-corrected chi connectivity index (χ2v) is 7.19. The largest absolute Gasteiger partial charge is 0.471 e. The van der Waals surface area contributed by atoms with Gasteiger partial charge in [-0.3, -0.25) is 5.32 Å². The Morgan fingerprint density at radius 1 is 0.704 bits per heavy atom. The van der Waals surface area contributed by atoms with Crippen LogP contribution in [0.3, 0.4) is 0 Å². The number of fused-ring (bicyclic) bond motifs is 3. The van der Waals surface area contributed by atoms with E-state index in [1.807, 2.05) is 30.3 Å². The first-order valence-electron chi connectivity index (χ1n) is 9.04. The molecule has 2 atom stereocenters. The summed E-state index contributed by atoms with van der Waals surface area (Å²) in [4.78, 5) is 0. The van der Waals surface area contributed by atoms with Gasteiger partial charge in [-0.2, -0.15) is 0 Å². The smallest absolute Gasteiger partial charge is 0.177 e. The normalized spacial score (nSPS) is 18.7. The molecule has 132 valence electrons. The van der Waals surface area contributed by atoms with Crippen molar-refractivity contribution in [3.05, 3.63) is 113 Å². The molecule has 0 saturated carbocycles. The van der Waals surface area contributed by atoms with Crippen LogP contribution in [-0.4, -0.2) is 0 Å². The lowest BCUT2D eigenvalue weighted by atomic mass is 9.91. The maximum atomic E-state index is 6.36. The number of ether oxygens (including phenoxy) is 1. The molecule has 2 nitrogen and oxygen atoms in total. The Morgan fingerprint density at radius 3 is 2.26 bits per heavy atom. The maximum Gasteiger partial charge on any atom is 0.177 e. The molecule has 1 aliphatic rings. The third-order valence-electron chi connectivity index (χ3n) is 5.09. The summed E-state index contributed by atoms with van der Waals surface area (Å²) in [6.45, 7) is 0. The SMILES string of the molecule is Clc1ccc(C2NC(c3ccccc3)c3c(ccc4ccccc34)O2)cc1. The molecule has 4 aromatic carbocycles. The van der Waals surface area contributed by atoms with Crippen molar-refractivity contribution in [2.75, 3.05) is 0 Å². The molecule has 0 saturated heterocycles. The van der Waals surface area contributed by atoms with Crippen molar-refractivity contribution in [2.24, 2.45) is 0 Å². The zero-order chi connectivity index (χ0) is 18.2. The summed E-state index contributed by atoms with van der Waals surface area (Å²) >= 11 is 6.06. The quantitative estimate of drug-likeness (QED) is 0.448. The number of hydrogen-bond acceptors (Lipinski definition) is 2. The Kier molecular flexibility index (Phi) is 4.08. The van der Waals surface area contributed by atoms with E-state index in [9.17, 15) is 0 Å². The zero-order valence-corrected chi connectivity index (χ0v) is 15.4. The van der Waals surface area contributed by atoms with Crippen molar-refractivity contribution in [1.82, 2.24) is 5.32 Å². The summed E-state index contributed by atoms with van der Waals surface area (Å²) in [7, 11) is 0. The topological polar surface area (TPSA) is 21.3 Å². The van der Waals surface area contributed by atoms with E-state index < -0.39 is 0 Å². The lowest BCUT2D eigenvalue weighted by Crippen LogP contribution is -2.35. The standard InChI is InChI=1S/C24H18ClNO/c25-19-13-10-18(11-14-19)24-26-23(17-7-2-1-3-8-17)22-20-9-5-4-6-16(20)12-15-21(22)27-24/h1-15,23-24,26H. The average molecular weight is 372 g/mol. The van der Waals surface area contributed by atoms with Gasteiger partial charge >= 0.3 is 0 Å². The number of halogens is 1. The van der Waals surface area contributed by atoms with Gasteiger partial charge in [0.05, 0.1) is 6.04 Å². The fourth-order valence-electron chi connectivity index (χ4n) is 3.78. The Bertz CT molecular complexity index is 1090. The summed E-state index contributed by atoms with van der Waals surface area (Å²) < 4.78 is 6.36. The Hall–Kier alpha value is -2.81. The predicted octanol–water partition coefficient (Wildman–Crippen LogP) is 6.26. The van der Waals surface area contributed by atoms with Gasteiger partial charge in [0.2, 0.25) is 0 Å². The summed E-state index contributed by atoms with van der Waals surface area (Å²) in [5.41, 5.74) is 3.46. The van der Waals surface area contributed by atoms with E-state index in [0.29, 0.717) is 0 Å². The minimum Gasteiger partial charge on any atom is -0.471 e. The van der Waals surface area contributed by atoms with Crippen LogP contribution in [0.25, 0.3) is 10.8 Å². The van der Waals surface area contributed by atoms with Crippen LogP contribution in [0.2, 0.25) is 5.02 Å². The summed E-state index contributed by atoms with van der Waals surface area (Å²) in [5, 5.41) is 6.84. The van der Waals surface area contributed by atoms with E-state index in [0.717, 1.165) is 16.3 Å². The van der Waals surface area contributed by atoms with Crippen LogP contribution in [0.5, 0.6) is 5.75 Å². The zero-order valence-electron chi connectivity index (χ0n) is 14.6. The molecule has 1 N–H and O–H groups in total. The Labute approximate surface area is 163 Å². The number of benzene rings is 4. The maximum absolute atomic E-state index is 6.36. The molecule has 0 radical (unpaired) electrons. The Balaban J connectivity index is 1.68. The van der Waals surface area contributed by atoms with Crippen molar-refractivity contribution in [3.63, 3.8) is 0 Å². The van der Waals surface area contributed by atoms with Crippen molar-refractivity contribution in [2.45, 2.75) is 12.3 Å². The third kappa shape index (κ3) is 2.97. The molecule has 0 bridgehead atoms. The molecular weight excluding hydrogens is 354 g/mol. The molecule has 0 aromatic heterocycles.